The van der Waals surface area contributed by atoms with Gasteiger partial charge in [-0.15, -0.1) is 11.8 Å². The lowest BCUT2D eigenvalue weighted by atomic mass is 9.96. The predicted molar refractivity (Wildman–Crippen MR) is 107 cm³/mol. The lowest BCUT2D eigenvalue weighted by Crippen LogP contribution is -2.33. The molecule has 28 heavy (non-hydrogen) atoms. The summed E-state index contributed by atoms with van der Waals surface area (Å²) in [7, 11) is 0. The molecule has 0 amide bonds. The van der Waals surface area contributed by atoms with E-state index in [0.717, 1.165) is 11.1 Å². The first kappa shape index (κ1) is 21.5. The second-order valence-electron chi connectivity index (χ2n) is 6.54. The van der Waals surface area contributed by atoms with E-state index in [9.17, 15) is 14.4 Å². The summed E-state index contributed by atoms with van der Waals surface area (Å²) in [4.78, 5) is 33.7. The fraction of sp³-hybridized carbons (Fsp3) is 0.286. The van der Waals surface area contributed by atoms with E-state index in [1.165, 1.54) is 11.8 Å². The van der Waals surface area contributed by atoms with Crippen molar-refractivity contribution in [3.05, 3.63) is 54.6 Å². The van der Waals surface area contributed by atoms with Gasteiger partial charge in [0.1, 0.15) is 12.4 Å². The SMILES string of the molecule is CC(C)(CSC(COC=O)OC=O)C(=O)Oc1ccccc1-c1ccccc1. The van der Waals surface area contributed by atoms with Crippen molar-refractivity contribution in [2.24, 2.45) is 5.41 Å². The number of thioether (sulfide) groups is 1. The second-order valence-corrected chi connectivity index (χ2v) is 7.69. The van der Waals surface area contributed by atoms with Crippen molar-refractivity contribution < 1.29 is 28.6 Å². The van der Waals surface area contributed by atoms with Gasteiger partial charge in [-0.2, -0.15) is 0 Å². The molecular formula is C21H22O6S. The largest absolute Gasteiger partial charge is 0.463 e. The molecule has 2 aromatic rings. The highest BCUT2D eigenvalue weighted by atomic mass is 32.2. The maximum atomic E-state index is 12.8. The summed E-state index contributed by atoms with van der Waals surface area (Å²) in [5, 5.41) is 0. The number of esters is 1. The molecule has 2 aromatic carbocycles. The van der Waals surface area contributed by atoms with Gasteiger partial charge in [-0.05, 0) is 25.5 Å². The summed E-state index contributed by atoms with van der Waals surface area (Å²) < 4.78 is 15.2. The molecule has 6 nitrogen and oxygen atoms in total. The van der Waals surface area contributed by atoms with Gasteiger partial charge in [0.2, 0.25) is 0 Å². The number of carbonyl (C=O) groups excluding carboxylic acids is 3. The Labute approximate surface area is 168 Å². The van der Waals surface area contributed by atoms with Crippen LogP contribution in [0.5, 0.6) is 5.75 Å². The van der Waals surface area contributed by atoms with Crippen LogP contribution in [-0.2, 0) is 23.9 Å². The summed E-state index contributed by atoms with van der Waals surface area (Å²) in [6.07, 6.45) is 0. The number of hydrogen-bond donors (Lipinski definition) is 0. The minimum atomic E-state index is -0.861. The Bertz CT molecular complexity index is 790. The molecule has 0 radical (unpaired) electrons. The summed E-state index contributed by atoms with van der Waals surface area (Å²) in [6.45, 7) is 3.96. The maximum absolute atomic E-state index is 12.8. The first-order chi connectivity index (χ1) is 13.5. The third-order valence-corrected chi connectivity index (χ3v) is 5.37. The summed E-state index contributed by atoms with van der Waals surface area (Å²) in [5.74, 6) is 0.367. The van der Waals surface area contributed by atoms with Crippen LogP contribution in [0, 0.1) is 5.41 Å². The third-order valence-electron chi connectivity index (χ3n) is 3.86. The zero-order chi connectivity index (χ0) is 20.4. The molecule has 148 valence electrons. The van der Waals surface area contributed by atoms with Gasteiger partial charge in [0.25, 0.3) is 12.9 Å². The molecule has 0 aromatic heterocycles. The maximum Gasteiger partial charge on any atom is 0.317 e. The highest BCUT2D eigenvalue weighted by molar-refractivity contribution is 7.99. The Morgan fingerprint density at radius 1 is 1.04 bits per heavy atom. The predicted octanol–water partition coefficient (Wildman–Crippen LogP) is 3.69. The van der Waals surface area contributed by atoms with Gasteiger partial charge in [0.15, 0.2) is 5.44 Å². The highest BCUT2D eigenvalue weighted by Gasteiger charge is 2.32. The molecule has 0 saturated carbocycles. The molecule has 2 rings (SSSR count). The Kier molecular flexibility index (Phi) is 8.07. The lowest BCUT2D eigenvalue weighted by Gasteiger charge is -2.24. The molecule has 0 heterocycles. The van der Waals surface area contributed by atoms with Crippen LogP contribution in [0.15, 0.2) is 54.6 Å². The smallest absolute Gasteiger partial charge is 0.317 e. The topological polar surface area (TPSA) is 78.9 Å². The monoisotopic (exact) mass is 402 g/mol. The van der Waals surface area contributed by atoms with E-state index in [1.54, 1.807) is 19.9 Å². The van der Waals surface area contributed by atoms with Crippen LogP contribution >= 0.6 is 11.8 Å². The van der Waals surface area contributed by atoms with Crippen molar-refractivity contribution >= 4 is 30.7 Å². The van der Waals surface area contributed by atoms with E-state index in [0.29, 0.717) is 11.5 Å². The van der Waals surface area contributed by atoms with E-state index in [-0.39, 0.29) is 19.6 Å². The number of para-hydroxylation sites is 1. The van der Waals surface area contributed by atoms with Gasteiger partial charge >= 0.3 is 5.97 Å². The van der Waals surface area contributed by atoms with Crippen molar-refractivity contribution in [2.75, 3.05) is 12.4 Å². The number of rotatable bonds is 11. The Hall–Kier alpha value is -2.80. The molecule has 1 unspecified atom stereocenters. The lowest BCUT2D eigenvalue weighted by molar-refractivity contribution is -0.142. The van der Waals surface area contributed by atoms with Crippen LogP contribution in [-0.4, -0.2) is 36.7 Å². The molecule has 0 aliphatic carbocycles. The molecule has 0 aliphatic heterocycles. The normalized spacial score (nSPS) is 11.9. The minimum absolute atomic E-state index is 0.0884. The number of hydrogen-bond acceptors (Lipinski definition) is 7. The zero-order valence-corrected chi connectivity index (χ0v) is 16.5. The van der Waals surface area contributed by atoms with Gasteiger partial charge in [0.05, 0.1) is 5.41 Å². The van der Waals surface area contributed by atoms with Gasteiger partial charge in [-0.1, -0.05) is 48.5 Å². The van der Waals surface area contributed by atoms with E-state index in [2.05, 4.69) is 4.74 Å². The van der Waals surface area contributed by atoms with Gasteiger partial charge in [-0.25, -0.2) is 0 Å². The van der Waals surface area contributed by atoms with Crippen LogP contribution in [0.1, 0.15) is 13.8 Å². The van der Waals surface area contributed by atoms with Crippen molar-refractivity contribution in [1.29, 1.82) is 0 Å². The fourth-order valence-corrected chi connectivity index (χ4v) is 3.34. The average Bonchev–Trinajstić information content (AvgIpc) is 2.71. The average molecular weight is 402 g/mol. The van der Waals surface area contributed by atoms with Gasteiger partial charge in [-0.3, -0.25) is 14.4 Å². The number of carbonyl (C=O) groups is 3. The molecule has 0 aliphatic rings. The van der Waals surface area contributed by atoms with E-state index < -0.39 is 16.8 Å². The fourth-order valence-electron chi connectivity index (χ4n) is 2.32. The third kappa shape index (κ3) is 6.13. The molecule has 7 heteroatoms. The Morgan fingerprint density at radius 3 is 2.39 bits per heavy atom. The van der Waals surface area contributed by atoms with Crippen molar-refractivity contribution in [3.8, 4) is 16.9 Å². The molecule has 0 fully saturated rings. The first-order valence-electron chi connectivity index (χ1n) is 8.60. The molecule has 0 N–H and O–H groups in total. The quantitative estimate of drug-likeness (QED) is 0.245. The van der Waals surface area contributed by atoms with E-state index in [1.807, 2.05) is 48.5 Å². The molecule has 0 spiro atoms. The summed E-state index contributed by atoms with van der Waals surface area (Å²) in [6, 6.07) is 17.0. The Balaban J connectivity index is 2.07. The first-order valence-corrected chi connectivity index (χ1v) is 9.65. The molecule has 0 saturated heterocycles. The molecule has 1 atom stereocenters. The number of benzene rings is 2. The van der Waals surface area contributed by atoms with Crippen LogP contribution in [0.2, 0.25) is 0 Å². The van der Waals surface area contributed by atoms with Gasteiger partial charge in [0, 0.05) is 11.3 Å². The van der Waals surface area contributed by atoms with Crippen LogP contribution < -0.4 is 4.74 Å². The van der Waals surface area contributed by atoms with Crippen molar-refractivity contribution in [2.45, 2.75) is 19.3 Å². The van der Waals surface area contributed by atoms with Gasteiger partial charge < -0.3 is 14.2 Å². The van der Waals surface area contributed by atoms with Crippen LogP contribution in [0.25, 0.3) is 11.1 Å². The Morgan fingerprint density at radius 2 is 1.71 bits per heavy atom. The number of ether oxygens (including phenoxy) is 3. The summed E-state index contributed by atoms with van der Waals surface area (Å²) >= 11 is 1.19. The van der Waals surface area contributed by atoms with Crippen LogP contribution in [0.4, 0.5) is 0 Å². The van der Waals surface area contributed by atoms with E-state index in [4.69, 9.17) is 9.47 Å². The standard InChI is InChI=1S/C21H22O6S/c1-21(2,13-28-19(26-15-23)12-25-14-22)20(24)27-18-11-7-6-10-17(18)16-8-4-3-5-9-16/h3-11,14-15,19H,12-13H2,1-2H3. The minimum Gasteiger partial charge on any atom is -0.463 e. The molecule has 0 bridgehead atoms. The van der Waals surface area contributed by atoms with Crippen molar-refractivity contribution in [3.63, 3.8) is 0 Å². The van der Waals surface area contributed by atoms with Crippen LogP contribution in [0.3, 0.4) is 0 Å². The highest BCUT2D eigenvalue weighted by Crippen LogP contribution is 2.33. The van der Waals surface area contributed by atoms with E-state index >= 15 is 0 Å². The summed E-state index contributed by atoms with van der Waals surface area (Å²) in [5.41, 5.74) is 0.219. The second kappa shape index (κ2) is 10.5. The molecular weight excluding hydrogens is 380 g/mol. The van der Waals surface area contributed by atoms with Crippen molar-refractivity contribution in [1.82, 2.24) is 0 Å². The zero-order valence-electron chi connectivity index (χ0n) is 15.7.